The molecule has 0 radical (unpaired) electrons. The summed E-state index contributed by atoms with van der Waals surface area (Å²) in [5.41, 5.74) is 0.0265. The third-order valence-electron chi connectivity index (χ3n) is 4.22. The summed E-state index contributed by atoms with van der Waals surface area (Å²) >= 11 is 3.18. The van der Waals surface area contributed by atoms with Crippen LogP contribution in [0.1, 0.15) is 32.9 Å². The first kappa shape index (κ1) is 18.2. The lowest BCUT2D eigenvalue weighted by Crippen LogP contribution is -2.24. The van der Waals surface area contributed by atoms with Gasteiger partial charge in [0.2, 0.25) is 11.6 Å². The average molecular weight is 423 g/mol. The smallest absolute Gasteiger partial charge is 0.237 e. The molecular formula is C18H15BrO7. The first-order valence-corrected chi connectivity index (χ1v) is 8.41. The zero-order chi connectivity index (χ0) is 19.0. The SMILES string of the molecule is COC1=CC(C(=O)c2coc3c2C(=O)C(=O)C=C3Br)CC(OC)=C1OC. The zero-order valence-electron chi connectivity index (χ0n) is 14.3. The minimum absolute atomic E-state index is 0.0257. The summed E-state index contributed by atoms with van der Waals surface area (Å²) in [6.45, 7) is 0. The number of Topliss-reactive ketones (excluding diaryl/α,β-unsaturated/α-hetero) is 2. The van der Waals surface area contributed by atoms with E-state index >= 15 is 0 Å². The second-order valence-corrected chi connectivity index (χ2v) is 6.46. The summed E-state index contributed by atoms with van der Waals surface area (Å²) in [6.07, 6.45) is 4.15. The number of hydrogen-bond acceptors (Lipinski definition) is 7. The molecule has 0 bridgehead atoms. The Bertz CT molecular complexity index is 901. The minimum atomic E-state index is -0.771. The van der Waals surface area contributed by atoms with Gasteiger partial charge in [-0.15, -0.1) is 0 Å². The molecule has 0 spiro atoms. The van der Waals surface area contributed by atoms with Crippen molar-refractivity contribution in [3.8, 4) is 0 Å². The highest BCUT2D eigenvalue weighted by molar-refractivity contribution is 9.15. The fourth-order valence-corrected chi connectivity index (χ4v) is 3.48. The second kappa shape index (κ2) is 6.95. The van der Waals surface area contributed by atoms with Crippen LogP contribution < -0.4 is 0 Å². The van der Waals surface area contributed by atoms with Gasteiger partial charge in [0.15, 0.2) is 23.1 Å². The Kier molecular flexibility index (Phi) is 4.86. The van der Waals surface area contributed by atoms with Crippen LogP contribution in [0.15, 0.2) is 40.1 Å². The quantitative estimate of drug-likeness (QED) is 0.531. The van der Waals surface area contributed by atoms with E-state index in [1.54, 1.807) is 6.08 Å². The van der Waals surface area contributed by atoms with Crippen molar-refractivity contribution in [1.82, 2.24) is 0 Å². The molecule has 1 atom stereocenters. The van der Waals surface area contributed by atoms with Crippen LogP contribution in [0.4, 0.5) is 0 Å². The Labute approximate surface area is 157 Å². The van der Waals surface area contributed by atoms with E-state index in [1.165, 1.54) is 27.6 Å². The third kappa shape index (κ3) is 2.80. The van der Waals surface area contributed by atoms with Gasteiger partial charge in [0, 0.05) is 12.5 Å². The zero-order valence-corrected chi connectivity index (χ0v) is 15.8. The molecule has 0 N–H and O–H groups in total. The summed E-state index contributed by atoms with van der Waals surface area (Å²) in [7, 11) is 4.40. The number of hydrogen-bond donors (Lipinski definition) is 0. The Hall–Kier alpha value is -2.61. The monoisotopic (exact) mass is 422 g/mol. The molecule has 2 aliphatic carbocycles. The van der Waals surface area contributed by atoms with Gasteiger partial charge in [0.1, 0.15) is 12.0 Å². The maximum Gasteiger partial charge on any atom is 0.237 e. The maximum absolute atomic E-state index is 13.0. The van der Waals surface area contributed by atoms with Crippen LogP contribution >= 0.6 is 15.9 Å². The lowest BCUT2D eigenvalue weighted by Gasteiger charge is -2.23. The molecule has 0 saturated heterocycles. The highest BCUT2D eigenvalue weighted by atomic mass is 79.9. The molecule has 7 nitrogen and oxygen atoms in total. The van der Waals surface area contributed by atoms with Gasteiger partial charge in [-0.3, -0.25) is 14.4 Å². The van der Waals surface area contributed by atoms with Crippen LogP contribution in [-0.2, 0) is 19.0 Å². The van der Waals surface area contributed by atoms with Gasteiger partial charge in [0.05, 0.1) is 42.9 Å². The number of allylic oxidation sites excluding steroid dienone is 3. The molecule has 1 unspecified atom stereocenters. The molecule has 3 rings (SSSR count). The lowest BCUT2D eigenvalue weighted by molar-refractivity contribution is -0.111. The van der Waals surface area contributed by atoms with Gasteiger partial charge in [-0.05, 0) is 22.0 Å². The molecule has 0 saturated carbocycles. The topological polar surface area (TPSA) is 92.0 Å². The number of methoxy groups -OCH3 is 3. The van der Waals surface area contributed by atoms with E-state index in [2.05, 4.69) is 15.9 Å². The van der Waals surface area contributed by atoms with Gasteiger partial charge < -0.3 is 18.6 Å². The van der Waals surface area contributed by atoms with E-state index in [4.69, 9.17) is 18.6 Å². The molecule has 8 heteroatoms. The minimum Gasteiger partial charge on any atom is -0.497 e. The highest BCUT2D eigenvalue weighted by Gasteiger charge is 2.37. The molecule has 26 heavy (non-hydrogen) atoms. The fraction of sp³-hybridized carbons (Fsp3) is 0.278. The van der Waals surface area contributed by atoms with Crippen LogP contribution in [0.2, 0.25) is 0 Å². The third-order valence-corrected chi connectivity index (χ3v) is 4.81. The first-order chi connectivity index (χ1) is 12.4. The van der Waals surface area contributed by atoms with Crippen molar-refractivity contribution in [3.05, 3.63) is 52.6 Å². The van der Waals surface area contributed by atoms with Crippen molar-refractivity contribution in [2.45, 2.75) is 6.42 Å². The van der Waals surface area contributed by atoms with Crippen molar-refractivity contribution < 1.29 is 33.0 Å². The number of carbonyl (C=O) groups is 3. The summed E-state index contributed by atoms with van der Waals surface area (Å²) in [5.74, 6) is -1.13. The molecule has 1 heterocycles. The van der Waals surface area contributed by atoms with Crippen LogP contribution in [0, 0.1) is 5.92 Å². The predicted octanol–water partition coefficient (Wildman–Crippen LogP) is 3.02. The molecule has 0 fully saturated rings. The van der Waals surface area contributed by atoms with Gasteiger partial charge in [-0.25, -0.2) is 0 Å². The first-order valence-electron chi connectivity index (χ1n) is 7.62. The average Bonchev–Trinajstić information content (AvgIpc) is 3.10. The predicted molar refractivity (Wildman–Crippen MR) is 93.5 cm³/mol. The molecule has 2 aliphatic rings. The van der Waals surface area contributed by atoms with E-state index in [0.29, 0.717) is 21.8 Å². The van der Waals surface area contributed by atoms with Crippen LogP contribution in [0.3, 0.4) is 0 Å². The molecular weight excluding hydrogens is 408 g/mol. The van der Waals surface area contributed by atoms with Gasteiger partial charge >= 0.3 is 0 Å². The van der Waals surface area contributed by atoms with E-state index in [1.807, 2.05) is 0 Å². The van der Waals surface area contributed by atoms with Crippen molar-refractivity contribution in [2.75, 3.05) is 21.3 Å². The van der Waals surface area contributed by atoms with E-state index in [9.17, 15) is 14.4 Å². The van der Waals surface area contributed by atoms with E-state index < -0.39 is 17.5 Å². The number of fused-ring (bicyclic) bond motifs is 1. The Morgan fingerprint density at radius 3 is 2.54 bits per heavy atom. The molecule has 0 aromatic carbocycles. The molecule has 0 aliphatic heterocycles. The van der Waals surface area contributed by atoms with Gasteiger partial charge in [0.25, 0.3) is 0 Å². The number of ether oxygens (including phenoxy) is 3. The van der Waals surface area contributed by atoms with Crippen molar-refractivity contribution in [2.24, 2.45) is 5.92 Å². The Morgan fingerprint density at radius 1 is 1.19 bits per heavy atom. The maximum atomic E-state index is 13.0. The largest absolute Gasteiger partial charge is 0.497 e. The number of furan rings is 1. The Morgan fingerprint density at radius 2 is 1.92 bits per heavy atom. The molecule has 1 aromatic rings. The number of ketones is 3. The van der Waals surface area contributed by atoms with Crippen molar-refractivity contribution in [3.63, 3.8) is 0 Å². The molecule has 1 aromatic heterocycles. The Balaban J connectivity index is 2.02. The number of carbonyl (C=O) groups excluding carboxylic acids is 3. The molecule has 0 amide bonds. The lowest BCUT2D eigenvalue weighted by atomic mass is 9.87. The van der Waals surface area contributed by atoms with Crippen molar-refractivity contribution >= 4 is 37.8 Å². The van der Waals surface area contributed by atoms with Crippen molar-refractivity contribution in [1.29, 1.82) is 0 Å². The summed E-state index contributed by atoms with van der Waals surface area (Å²) in [4.78, 5) is 37.1. The number of rotatable bonds is 5. The van der Waals surface area contributed by atoms with E-state index in [-0.39, 0.29) is 29.1 Å². The standard InChI is InChI=1S/C18H15BrO7/c1-23-12-4-8(5-13(24-2)18(12)25-3)15(21)9-7-26-17-10(19)6-11(20)16(22)14(9)17/h4,6-8H,5H2,1-3H3. The van der Waals surface area contributed by atoms with Gasteiger partial charge in [-0.1, -0.05) is 0 Å². The normalized spacial score (nSPS) is 19.6. The fourth-order valence-electron chi connectivity index (χ4n) is 2.98. The van der Waals surface area contributed by atoms with Crippen LogP contribution in [0.25, 0.3) is 4.48 Å². The second-order valence-electron chi connectivity index (χ2n) is 5.61. The highest BCUT2D eigenvalue weighted by Crippen LogP contribution is 2.37. The number of halogens is 1. The summed E-state index contributed by atoms with van der Waals surface area (Å²) in [5, 5.41) is 0. The van der Waals surface area contributed by atoms with E-state index in [0.717, 1.165) is 6.08 Å². The van der Waals surface area contributed by atoms with Crippen LogP contribution in [0.5, 0.6) is 0 Å². The van der Waals surface area contributed by atoms with Crippen LogP contribution in [-0.4, -0.2) is 38.7 Å². The van der Waals surface area contributed by atoms with Gasteiger partial charge in [-0.2, -0.15) is 0 Å². The summed E-state index contributed by atoms with van der Waals surface area (Å²) < 4.78 is 21.5. The summed E-state index contributed by atoms with van der Waals surface area (Å²) in [6, 6.07) is 0. The molecule has 136 valence electrons.